The number of carbonyl (C=O) groups excluding carboxylic acids is 1. The van der Waals surface area contributed by atoms with Crippen LogP contribution in [0.1, 0.15) is 44.1 Å². The van der Waals surface area contributed by atoms with Gasteiger partial charge in [0.25, 0.3) is 0 Å². The number of guanidine groups is 1. The van der Waals surface area contributed by atoms with E-state index in [2.05, 4.69) is 52.5 Å². The van der Waals surface area contributed by atoms with Gasteiger partial charge in [-0.05, 0) is 44.1 Å². The molecule has 0 radical (unpaired) electrons. The fourth-order valence-electron chi connectivity index (χ4n) is 3.16. The summed E-state index contributed by atoms with van der Waals surface area (Å²) in [5.41, 5.74) is 2.48. The molecule has 0 atom stereocenters. The monoisotopic (exact) mass is 484 g/mol. The van der Waals surface area contributed by atoms with Gasteiger partial charge in [0.1, 0.15) is 6.54 Å². The van der Waals surface area contributed by atoms with Gasteiger partial charge in [-0.2, -0.15) is 0 Å². The number of hydrogen-bond acceptors (Lipinski definition) is 2. The summed E-state index contributed by atoms with van der Waals surface area (Å²) in [4.78, 5) is 17.8. The molecule has 1 aromatic carbocycles. The molecule has 5 nitrogen and oxygen atoms in total. The fraction of sp³-hybridized carbons (Fsp3) is 0.524. The lowest BCUT2D eigenvalue weighted by atomic mass is 9.82. The highest BCUT2D eigenvalue weighted by atomic mass is 127. The molecule has 150 valence electrons. The summed E-state index contributed by atoms with van der Waals surface area (Å²) < 4.78 is 0. The Balaban J connectivity index is 0.00000364. The molecule has 0 aromatic heterocycles. The first-order chi connectivity index (χ1) is 12.5. The Morgan fingerprint density at radius 1 is 1.19 bits per heavy atom. The van der Waals surface area contributed by atoms with Crippen LogP contribution in [0.2, 0.25) is 0 Å². The second kappa shape index (κ2) is 12.0. The van der Waals surface area contributed by atoms with Crippen LogP contribution in [0.15, 0.2) is 47.5 Å². The Morgan fingerprint density at radius 2 is 1.81 bits per heavy atom. The average molecular weight is 484 g/mol. The molecule has 1 fully saturated rings. The van der Waals surface area contributed by atoms with Crippen molar-refractivity contribution in [1.29, 1.82) is 0 Å². The molecule has 0 bridgehead atoms. The van der Waals surface area contributed by atoms with E-state index < -0.39 is 0 Å². The summed E-state index contributed by atoms with van der Waals surface area (Å²) >= 11 is 0. The summed E-state index contributed by atoms with van der Waals surface area (Å²) in [5, 5.41) is 6.78. The van der Waals surface area contributed by atoms with Crippen LogP contribution in [0.5, 0.6) is 0 Å². The number of halogens is 1. The van der Waals surface area contributed by atoms with E-state index in [1.165, 1.54) is 18.4 Å². The first-order valence-corrected chi connectivity index (χ1v) is 9.40. The smallest absolute Gasteiger partial charge is 0.243 e. The molecule has 0 unspecified atom stereocenters. The minimum Gasteiger partial charge on any atom is -0.354 e. The van der Waals surface area contributed by atoms with Crippen LogP contribution < -0.4 is 10.6 Å². The first kappa shape index (κ1) is 23.5. The minimum atomic E-state index is -0.00536. The van der Waals surface area contributed by atoms with Crippen molar-refractivity contribution in [2.45, 2.75) is 44.6 Å². The molecule has 27 heavy (non-hydrogen) atoms. The lowest BCUT2D eigenvalue weighted by Crippen LogP contribution is -2.45. The van der Waals surface area contributed by atoms with E-state index in [0.717, 1.165) is 18.4 Å². The number of nitrogens with zero attached hydrogens (tertiary/aromatic N) is 2. The normalized spacial score (nSPS) is 19.6. The molecule has 2 rings (SSSR count). The molecular weight excluding hydrogens is 451 g/mol. The Labute approximate surface area is 180 Å². The predicted molar refractivity (Wildman–Crippen MR) is 124 cm³/mol. The second-order valence-electron chi connectivity index (χ2n) is 7.37. The molecule has 1 aliphatic rings. The fourth-order valence-corrected chi connectivity index (χ4v) is 3.16. The van der Waals surface area contributed by atoms with E-state index in [-0.39, 0.29) is 36.4 Å². The first-order valence-electron chi connectivity index (χ1n) is 9.40. The molecule has 1 aliphatic carbocycles. The van der Waals surface area contributed by atoms with Gasteiger partial charge in [-0.3, -0.25) is 4.79 Å². The molecule has 0 heterocycles. The molecule has 6 heteroatoms. The van der Waals surface area contributed by atoms with Crippen LogP contribution in [0.25, 0.3) is 0 Å². The van der Waals surface area contributed by atoms with Crippen molar-refractivity contribution >= 4 is 35.8 Å². The van der Waals surface area contributed by atoms with Crippen LogP contribution in [-0.4, -0.2) is 50.0 Å². The molecule has 0 aliphatic heterocycles. The van der Waals surface area contributed by atoms with Gasteiger partial charge in [0.05, 0.1) is 0 Å². The Hall–Kier alpha value is -1.57. The number of carbonyl (C=O) groups is 1. The van der Waals surface area contributed by atoms with E-state index in [4.69, 9.17) is 0 Å². The molecule has 0 saturated heterocycles. The lowest BCUT2D eigenvalue weighted by Gasteiger charge is -2.30. The zero-order valence-corrected chi connectivity index (χ0v) is 19.0. The molecule has 0 spiro atoms. The van der Waals surface area contributed by atoms with Crippen molar-refractivity contribution in [3.8, 4) is 0 Å². The number of likely N-dealkylation sites (N-methyl/N-ethyl adjacent to an activating group) is 1. The van der Waals surface area contributed by atoms with Gasteiger partial charge in [-0.1, -0.05) is 42.5 Å². The molecule has 2 N–H and O–H groups in total. The zero-order valence-electron chi connectivity index (χ0n) is 16.7. The minimum absolute atomic E-state index is 0. The van der Waals surface area contributed by atoms with Crippen molar-refractivity contribution in [2.24, 2.45) is 4.99 Å². The van der Waals surface area contributed by atoms with E-state index in [0.29, 0.717) is 24.5 Å². The van der Waals surface area contributed by atoms with Crippen molar-refractivity contribution < 1.29 is 4.79 Å². The highest BCUT2D eigenvalue weighted by molar-refractivity contribution is 14.0. The van der Waals surface area contributed by atoms with Crippen molar-refractivity contribution in [1.82, 2.24) is 15.5 Å². The number of hydrogen-bond donors (Lipinski definition) is 2. The molecule has 1 amide bonds. The number of nitrogens with one attached hydrogen (secondary N) is 2. The van der Waals surface area contributed by atoms with Gasteiger partial charge in [-0.15, -0.1) is 24.0 Å². The number of amides is 1. The second-order valence-corrected chi connectivity index (χ2v) is 7.37. The Kier molecular flexibility index (Phi) is 10.4. The van der Waals surface area contributed by atoms with E-state index in [1.54, 1.807) is 19.0 Å². The summed E-state index contributed by atoms with van der Waals surface area (Å²) in [6, 6.07) is 11.2. The van der Waals surface area contributed by atoms with Crippen LogP contribution in [-0.2, 0) is 4.79 Å². The quantitative estimate of drug-likeness (QED) is 0.281. The van der Waals surface area contributed by atoms with Gasteiger partial charge in [0.15, 0.2) is 5.96 Å². The third kappa shape index (κ3) is 8.32. The lowest BCUT2D eigenvalue weighted by molar-refractivity contribution is -0.127. The maximum Gasteiger partial charge on any atom is 0.243 e. The largest absolute Gasteiger partial charge is 0.354 e. The zero-order chi connectivity index (χ0) is 18.9. The number of aliphatic imine (C=N–C) groups is 1. The SMILES string of the molecule is C=C(C)CNC(=NCC(=O)N(C)C)NC1CCC(c2ccccc2)CC1.I. The third-order valence-corrected chi connectivity index (χ3v) is 4.77. The van der Waals surface area contributed by atoms with Crippen LogP contribution in [0.4, 0.5) is 0 Å². The standard InChI is InChI=1S/C21H32N4O.HI/c1-16(2)14-22-21(23-15-20(26)25(3)4)24-19-12-10-18(11-13-19)17-8-6-5-7-9-17;/h5-9,18-19H,1,10-15H2,2-4H3,(H2,22,23,24);1H. The van der Waals surface area contributed by atoms with Crippen LogP contribution in [0, 0.1) is 0 Å². The highest BCUT2D eigenvalue weighted by Crippen LogP contribution is 2.32. The van der Waals surface area contributed by atoms with E-state index in [1.807, 2.05) is 6.92 Å². The van der Waals surface area contributed by atoms with Crippen LogP contribution in [0.3, 0.4) is 0 Å². The summed E-state index contributed by atoms with van der Waals surface area (Å²) in [6.45, 7) is 6.70. The Morgan fingerprint density at radius 3 is 2.37 bits per heavy atom. The van der Waals surface area contributed by atoms with E-state index >= 15 is 0 Å². The van der Waals surface area contributed by atoms with Crippen LogP contribution >= 0.6 is 24.0 Å². The highest BCUT2D eigenvalue weighted by Gasteiger charge is 2.23. The number of rotatable bonds is 6. The van der Waals surface area contributed by atoms with Gasteiger partial charge in [0, 0.05) is 26.7 Å². The Bertz CT molecular complexity index is 622. The third-order valence-electron chi connectivity index (χ3n) is 4.77. The summed E-state index contributed by atoms with van der Waals surface area (Å²) in [5.74, 6) is 1.34. The van der Waals surface area contributed by atoms with Gasteiger partial charge in [-0.25, -0.2) is 4.99 Å². The molecule has 1 aromatic rings. The number of benzene rings is 1. The predicted octanol–water partition coefficient (Wildman–Crippen LogP) is 3.53. The molecular formula is C21H33IN4O. The van der Waals surface area contributed by atoms with Gasteiger partial charge >= 0.3 is 0 Å². The van der Waals surface area contributed by atoms with Crippen molar-refractivity contribution in [2.75, 3.05) is 27.2 Å². The summed E-state index contributed by atoms with van der Waals surface area (Å²) in [7, 11) is 3.49. The van der Waals surface area contributed by atoms with Gasteiger partial charge in [0.2, 0.25) is 5.91 Å². The summed E-state index contributed by atoms with van der Waals surface area (Å²) in [6.07, 6.45) is 4.56. The average Bonchev–Trinajstić information content (AvgIpc) is 2.64. The maximum absolute atomic E-state index is 11.8. The van der Waals surface area contributed by atoms with Gasteiger partial charge < -0.3 is 15.5 Å². The topological polar surface area (TPSA) is 56.7 Å². The van der Waals surface area contributed by atoms with Crippen molar-refractivity contribution in [3.05, 3.63) is 48.0 Å². The maximum atomic E-state index is 11.8. The molecule has 1 saturated carbocycles. The van der Waals surface area contributed by atoms with Crippen molar-refractivity contribution in [3.63, 3.8) is 0 Å². The van der Waals surface area contributed by atoms with E-state index in [9.17, 15) is 4.79 Å².